The average molecular weight is 1670 g/mol. The maximum absolute atomic E-state index is 2.48. The van der Waals surface area contributed by atoms with E-state index in [2.05, 4.69) is 503 Å². The van der Waals surface area contributed by atoms with Crippen LogP contribution in [0.5, 0.6) is 0 Å². The van der Waals surface area contributed by atoms with Crippen molar-refractivity contribution in [1.82, 2.24) is 18.3 Å². The molecule has 0 saturated heterocycles. The van der Waals surface area contributed by atoms with Crippen LogP contribution in [0.4, 0.5) is 34.1 Å². The van der Waals surface area contributed by atoms with Crippen LogP contribution in [0.25, 0.3) is 209 Å². The van der Waals surface area contributed by atoms with E-state index in [-0.39, 0.29) is 5.41 Å². The first-order valence-electron chi connectivity index (χ1n) is 45.4. The van der Waals surface area contributed by atoms with Crippen molar-refractivity contribution in [2.75, 3.05) is 9.80 Å². The molecule has 21 aromatic carbocycles. The van der Waals surface area contributed by atoms with Crippen molar-refractivity contribution >= 4 is 143 Å². The number of fused-ring (bicyclic) bond motifs is 15. The summed E-state index contributed by atoms with van der Waals surface area (Å²) in [5.74, 6) is 0. The zero-order chi connectivity index (χ0) is 86.3. The van der Waals surface area contributed by atoms with Crippen molar-refractivity contribution in [2.45, 2.75) is 19.3 Å². The van der Waals surface area contributed by atoms with Gasteiger partial charge in [0.25, 0.3) is 0 Å². The van der Waals surface area contributed by atoms with Gasteiger partial charge >= 0.3 is 0 Å². The van der Waals surface area contributed by atoms with Gasteiger partial charge in [-0.3, -0.25) is 0 Å². The molecule has 3 aliphatic carbocycles. The Morgan fingerprint density at radius 2 is 0.473 bits per heavy atom. The van der Waals surface area contributed by atoms with Gasteiger partial charge in [-0.15, -0.1) is 0 Å². The van der Waals surface area contributed by atoms with E-state index < -0.39 is 0 Å². The van der Waals surface area contributed by atoms with E-state index in [0.717, 1.165) is 45.5 Å². The molecule has 6 heteroatoms. The lowest BCUT2D eigenvalue weighted by atomic mass is 9.82. The van der Waals surface area contributed by atoms with E-state index in [1.54, 1.807) is 0 Å². The Kier molecular flexibility index (Phi) is 16.4. The maximum Gasteiger partial charge on any atom is 0.0547 e. The highest BCUT2D eigenvalue weighted by molar-refractivity contribution is 6.33. The summed E-state index contributed by atoms with van der Waals surface area (Å²) < 4.78 is 9.82. The molecule has 6 nitrogen and oxygen atoms in total. The zero-order valence-electron chi connectivity index (χ0n) is 72.1. The fraction of sp³-hybridized carbons (Fsp3) is 0.0240. The third-order valence-corrected chi connectivity index (χ3v) is 28.4. The summed E-state index contributed by atoms with van der Waals surface area (Å²) in [4.78, 5) is 4.69. The van der Waals surface area contributed by atoms with Gasteiger partial charge in [0.1, 0.15) is 0 Å². The van der Waals surface area contributed by atoms with Gasteiger partial charge in [-0.25, -0.2) is 0 Å². The van der Waals surface area contributed by atoms with Crippen LogP contribution in [0.1, 0.15) is 25.0 Å². The van der Waals surface area contributed by atoms with E-state index in [9.17, 15) is 0 Å². The third kappa shape index (κ3) is 11.3. The van der Waals surface area contributed by atoms with Gasteiger partial charge in [-0.2, -0.15) is 0 Å². The Labute approximate surface area is 757 Å². The van der Waals surface area contributed by atoms with Crippen molar-refractivity contribution in [2.24, 2.45) is 0 Å². The molecule has 0 saturated carbocycles. The topological polar surface area (TPSA) is 26.2 Å². The second kappa shape index (κ2) is 29.0. The minimum absolute atomic E-state index is 0.0847. The minimum Gasteiger partial charge on any atom is -0.311 e. The Hall–Kier alpha value is -17.1. The molecular formula is C125H82N6. The summed E-state index contributed by atoms with van der Waals surface area (Å²) in [6.45, 7) is 4.70. The van der Waals surface area contributed by atoms with Gasteiger partial charge in [0.15, 0.2) is 0 Å². The fourth-order valence-electron chi connectivity index (χ4n) is 22.6. The number of rotatable bonds is 12. The molecule has 28 rings (SSSR count). The molecule has 0 N–H and O–H groups in total. The summed E-state index contributed by atoms with van der Waals surface area (Å²) in [5.41, 5.74) is 41.4. The SMILES string of the molecule is CC1(C)c2ccccc2-c2ccc(N(c3ccccc3)c3ccc(-c4ccc(-n5c6cccc7c6c6c8c(cccc8ccc65)-c5cc6c8ccccc8n(-c8ccccc8)c6cc5-7)cc4)cc3)cc21.c1ccc(N(c2ccccc2)c2ccc(-c3ccc(-n4c5cccc6c5c5c7c(cccc7ccc54)-c4cc5c7ccccc7n(-c7ccccc7)c5cc4-6)cc3)cc2)cc1. The van der Waals surface area contributed by atoms with Crippen molar-refractivity contribution in [3.05, 3.63) is 472 Å². The lowest BCUT2D eigenvalue weighted by Crippen LogP contribution is -2.16. The molecular weight excluding hydrogens is 1590 g/mol. The lowest BCUT2D eigenvalue weighted by molar-refractivity contribution is 0.660. The number of aromatic nitrogens is 4. The standard InChI is InChI=1S/C67H45N3.C58H37N3/c1-67(2)58-24-11-9-20-50(58)51-37-36-49(39-59(51)67)68(45-16-5-3-6-17-45)47-32-27-42(28-33-47)43-29-34-48(35-30-43)70-61-26-14-23-54-56-41-63-57(52-21-10-12-25-60(52)69(63)46-18-7-4-8-19-46)40-55(56)53-22-13-15-44-31-38-62(70)66(64(44)53)65(54)61;1-4-15-41(16-5-1)59(42-17-6-2-7-18-42)44-31-26-38(27-32-44)39-28-33-45(34-29-39)61-53-25-13-23-48-50-37-55-51(46-21-10-11-24-52(46)60(55)43-19-8-3-9-20-43)36-49(50)47-22-12-14-40-30-35-54(61)58(56(40)47)57(48)53/h3-41H,1-2H3;1-37H. The van der Waals surface area contributed by atoms with E-state index >= 15 is 0 Å². The van der Waals surface area contributed by atoms with Gasteiger partial charge in [0.05, 0.1) is 44.1 Å². The van der Waals surface area contributed by atoms with Crippen LogP contribution < -0.4 is 9.80 Å². The van der Waals surface area contributed by atoms with Gasteiger partial charge in [-0.1, -0.05) is 293 Å². The summed E-state index contributed by atoms with van der Waals surface area (Å²) in [6, 6.07) is 170. The van der Waals surface area contributed by atoms with Crippen LogP contribution in [0.2, 0.25) is 0 Å². The highest BCUT2D eigenvalue weighted by Gasteiger charge is 2.37. The summed E-state index contributed by atoms with van der Waals surface area (Å²) in [5, 5.41) is 15.5. The van der Waals surface area contributed by atoms with Gasteiger partial charge < -0.3 is 28.1 Å². The molecule has 0 radical (unpaired) electrons. The first kappa shape index (κ1) is 74.2. The smallest absolute Gasteiger partial charge is 0.0547 e. The second-order valence-electron chi connectivity index (χ2n) is 35.8. The van der Waals surface area contributed by atoms with Crippen LogP contribution >= 0.6 is 0 Å². The maximum atomic E-state index is 2.48. The molecule has 0 bridgehead atoms. The van der Waals surface area contributed by atoms with Crippen molar-refractivity contribution in [3.63, 3.8) is 0 Å². The van der Waals surface area contributed by atoms with Gasteiger partial charge in [-0.05, 0) is 293 Å². The first-order chi connectivity index (χ1) is 64.8. The summed E-state index contributed by atoms with van der Waals surface area (Å²) >= 11 is 0. The van der Waals surface area contributed by atoms with E-state index in [4.69, 9.17) is 0 Å². The van der Waals surface area contributed by atoms with Crippen LogP contribution in [0.15, 0.2) is 461 Å². The average Bonchev–Trinajstić information content (AvgIpc) is 1.53. The minimum atomic E-state index is -0.0847. The molecule has 25 aromatic rings. The molecule has 4 heterocycles. The number of hydrogen-bond acceptors (Lipinski definition) is 2. The van der Waals surface area contributed by atoms with Crippen LogP contribution in [0, 0.1) is 0 Å². The second-order valence-corrected chi connectivity index (χ2v) is 35.8. The van der Waals surface area contributed by atoms with Crippen molar-refractivity contribution in [3.8, 4) is 101 Å². The number of nitrogens with zero attached hydrogens (tertiary/aromatic N) is 6. The highest BCUT2D eigenvalue weighted by atomic mass is 15.1. The van der Waals surface area contributed by atoms with Crippen molar-refractivity contribution < 1.29 is 0 Å². The quantitative estimate of drug-likeness (QED) is 0.122. The fourth-order valence-corrected chi connectivity index (χ4v) is 22.6. The molecule has 131 heavy (non-hydrogen) atoms. The van der Waals surface area contributed by atoms with Gasteiger partial charge in [0, 0.05) is 105 Å². The third-order valence-electron chi connectivity index (χ3n) is 28.4. The van der Waals surface area contributed by atoms with E-state index in [0.29, 0.717) is 0 Å². The molecule has 0 fully saturated rings. The molecule has 0 aliphatic heterocycles. The lowest BCUT2D eigenvalue weighted by Gasteiger charge is -2.28. The van der Waals surface area contributed by atoms with Gasteiger partial charge in [0.2, 0.25) is 0 Å². The van der Waals surface area contributed by atoms with Crippen LogP contribution in [-0.4, -0.2) is 18.3 Å². The highest BCUT2D eigenvalue weighted by Crippen LogP contribution is 2.57. The molecule has 0 amide bonds. The number of benzene rings is 21. The molecule has 0 atom stereocenters. The zero-order valence-corrected chi connectivity index (χ0v) is 72.1. The predicted octanol–water partition coefficient (Wildman–Crippen LogP) is 33.9. The largest absolute Gasteiger partial charge is 0.311 e. The number of anilines is 6. The predicted molar refractivity (Wildman–Crippen MR) is 552 cm³/mol. The Morgan fingerprint density at radius 3 is 0.916 bits per heavy atom. The van der Waals surface area contributed by atoms with E-state index in [1.807, 2.05) is 0 Å². The molecule has 0 unspecified atom stereocenters. The number of para-hydroxylation sites is 7. The van der Waals surface area contributed by atoms with E-state index in [1.165, 1.54) is 209 Å². The monoisotopic (exact) mass is 1670 g/mol. The van der Waals surface area contributed by atoms with Crippen LogP contribution in [0.3, 0.4) is 0 Å². The van der Waals surface area contributed by atoms with Crippen molar-refractivity contribution in [1.29, 1.82) is 0 Å². The summed E-state index contributed by atoms with van der Waals surface area (Å²) in [7, 11) is 0. The Bertz CT molecular complexity index is 8950. The normalized spacial score (nSPS) is 12.6. The summed E-state index contributed by atoms with van der Waals surface area (Å²) in [6.07, 6.45) is 0. The molecule has 612 valence electrons. The molecule has 3 aliphatic rings. The molecule has 0 spiro atoms. The molecule has 4 aromatic heterocycles. The first-order valence-corrected chi connectivity index (χ1v) is 45.4. The Morgan fingerprint density at radius 1 is 0.168 bits per heavy atom. The Balaban J connectivity index is 0.000000136. The van der Waals surface area contributed by atoms with Crippen LogP contribution in [-0.2, 0) is 5.41 Å². The number of hydrogen-bond donors (Lipinski definition) is 0.